The van der Waals surface area contributed by atoms with Crippen LogP contribution < -0.4 is 4.74 Å². The molecule has 1 heterocycles. The number of ether oxygens (including phenoxy) is 1. The van der Waals surface area contributed by atoms with Crippen molar-refractivity contribution in [3.05, 3.63) is 23.5 Å². The molecule has 0 unspecified atom stereocenters. The number of pyridine rings is 1. The fourth-order valence-electron chi connectivity index (χ4n) is 2.59. The maximum absolute atomic E-state index is 11.5. The molecule has 0 atom stereocenters. The topological polar surface area (TPSA) is 56.3 Å². The summed E-state index contributed by atoms with van der Waals surface area (Å²) in [6.07, 6.45) is 6.28. The summed E-state index contributed by atoms with van der Waals surface area (Å²) < 4.78 is 28.8. The van der Waals surface area contributed by atoms with Crippen LogP contribution in [0.3, 0.4) is 0 Å². The molecule has 4 nitrogen and oxygen atoms in total. The van der Waals surface area contributed by atoms with Gasteiger partial charge in [-0.05, 0) is 12.8 Å². The smallest absolute Gasteiger partial charge is 0.233 e. The molecule has 0 fully saturated rings. The molecule has 0 N–H and O–H groups in total. The van der Waals surface area contributed by atoms with Crippen molar-refractivity contribution in [2.24, 2.45) is 5.41 Å². The lowest BCUT2D eigenvalue weighted by Gasteiger charge is -2.32. The second-order valence-corrected chi connectivity index (χ2v) is 8.52. The first-order valence-corrected chi connectivity index (χ1v) is 9.81. The van der Waals surface area contributed by atoms with Gasteiger partial charge in [-0.25, -0.2) is 8.42 Å². The van der Waals surface area contributed by atoms with Gasteiger partial charge in [0.1, 0.15) is 5.75 Å². The van der Waals surface area contributed by atoms with E-state index in [0.717, 1.165) is 25.7 Å². The van der Waals surface area contributed by atoms with Gasteiger partial charge in [-0.2, -0.15) is 0 Å². The van der Waals surface area contributed by atoms with Crippen molar-refractivity contribution in [1.82, 2.24) is 4.98 Å². The van der Waals surface area contributed by atoms with E-state index in [2.05, 4.69) is 4.98 Å². The number of nitrogens with zero attached hydrogens (tertiary/aromatic N) is 1. The summed E-state index contributed by atoms with van der Waals surface area (Å²) in [5.74, 6) is 0.447. The van der Waals surface area contributed by atoms with Crippen LogP contribution in [0, 0.1) is 5.41 Å². The van der Waals surface area contributed by atoms with Crippen LogP contribution in [-0.4, -0.2) is 25.8 Å². The zero-order valence-corrected chi connectivity index (χ0v) is 14.6. The van der Waals surface area contributed by atoms with Gasteiger partial charge in [0, 0.05) is 28.4 Å². The van der Waals surface area contributed by atoms with Gasteiger partial charge in [0.2, 0.25) is 9.05 Å². The molecule has 0 aromatic carbocycles. The van der Waals surface area contributed by atoms with Crippen molar-refractivity contribution >= 4 is 31.3 Å². The Morgan fingerprint density at radius 3 is 2.33 bits per heavy atom. The van der Waals surface area contributed by atoms with E-state index in [0.29, 0.717) is 10.8 Å². The predicted octanol–water partition coefficient (Wildman–Crippen LogP) is 4.27. The summed E-state index contributed by atoms with van der Waals surface area (Å²) in [6.45, 7) is 4.32. The van der Waals surface area contributed by atoms with Crippen molar-refractivity contribution in [1.29, 1.82) is 0 Å². The molecule has 0 aliphatic rings. The average molecular weight is 354 g/mol. The van der Waals surface area contributed by atoms with E-state index in [4.69, 9.17) is 27.0 Å². The Kier molecular flexibility index (Phi) is 7.24. The largest absolute Gasteiger partial charge is 0.491 e. The minimum Gasteiger partial charge on any atom is -0.491 e. The third-order valence-electron chi connectivity index (χ3n) is 3.26. The Morgan fingerprint density at radius 1 is 1.24 bits per heavy atom. The molecule has 0 amide bonds. The maximum atomic E-state index is 11.5. The van der Waals surface area contributed by atoms with Gasteiger partial charge in [-0.3, -0.25) is 4.98 Å². The van der Waals surface area contributed by atoms with Crippen molar-refractivity contribution in [2.45, 2.75) is 39.5 Å². The second kappa shape index (κ2) is 8.20. The number of aromatic nitrogens is 1. The lowest BCUT2D eigenvalue weighted by atomic mass is 9.82. The molecule has 1 rings (SSSR count). The zero-order valence-electron chi connectivity index (χ0n) is 12.3. The van der Waals surface area contributed by atoms with Gasteiger partial charge < -0.3 is 4.74 Å². The number of hydrogen-bond donors (Lipinski definition) is 0. The molecule has 1 aromatic rings. The van der Waals surface area contributed by atoms with Crippen LogP contribution in [0.5, 0.6) is 5.75 Å². The van der Waals surface area contributed by atoms with Crippen LogP contribution in [0.1, 0.15) is 39.5 Å². The van der Waals surface area contributed by atoms with Crippen molar-refractivity contribution in [2.75, 3.05) is 12.4 Å². The highest BCUT2D eigenvalue weighted by Crippen LogP contribution is 2.34. The fourth-order valence-corrected chi connectivity index (χ4v) is 4.55. The summed E-state index contributed by atoms with van der Waals surface area (Å²) in [7, 11) is 1.89. The average Bonchev–Trinajstić information content (AvgIpc) is 2.35. The molecular formula is C14H21Cl2NO3S. The highest BCUT2D eigenvalue weighted by molar-refractivity contribution is 8.13. The highest BCUT2D eigenvalue weighted by Gasteiger charge is 2.34. The Labute approximate surface area is 136 Å². The van der Waals surface area contributed by atoms with Crippen LogP contribution in [0.2, 0.25) is 5.02 Å². The molecule has 0 bridgehead atoms. The Morgan fingerprint density at radius 2 is 1.86 bits per heavy atom. The zero-order chi connectivity index (χ0) is 15.9. The first kappa shape index (κ1) is 18.5. The molecule has 7 heteroatoms. The second-order valence-electron chi connectivity index (χ2n) is 5.31. The van der Waals surface area contributed by atoms with Crippen LogP contribution in [0.15, 0.2) is 18.5 Å². The summed E-state index contributed by atoms with van der Waals surface area (Å²) in [4.78, 5) is 3.95. The van der Waals surface area contributed by atoms with Crippen LogP contribution >= 0.6 is 22.3 Å². The Hall–Kier alpha value is -0.520. The normalized spacial score (nSPS) is 12.4. The Bertz CT molecular complexity index is 543. The third-order valence-corrected chi connectivity index (χ3v) is 4.76. The third kappa shape index (κ3) is 6.85. The van der Waals surface area contributed by atoms with Gasteiger partial charge in [-0.1, -0.05) is 38.3 Å². The first-order chi connectivity index (χ1) is 9.80. The number of hydrogen-bond acceptors (Lipinski definition) is 4. The van der Waals surface area contributed by atoms with Crippen molar-refractivity contribution in [3.63, 3.8) is 0 Å². The monoisotopic (exact) mass is 353 g/mol. The van der Waals surface area contributed by atoms with Crippen molar-refractivity contribution < 1.29 is 13.2 Å². The minimum absolute atomic E-state index is 0.0861. The van der Waals surface area contributed by atoms with Gasteiger partial charge >= 0.3 is 0 Å². The standard InChI is InChI=1S/C14H21Cl2NO3S/c1-3-5-14(6-4-2,11-21(16,18)19)10-20-13-7-12(15)8-17-9-13/h7-9H,3-6,10-11H2,1-2H3. The van der Waals surface area contributed by atoms with Crippen LogP contribution in [0.4, 0.5) is 0 Å². The maximum Gasteiger partial charge on any atom is 0.233 e. The summed E-state index contributed by atoms with van der Waals surface area (Å²) in [5, 5.41) is 0.481. The molecule has 0 saturated heterocycles. The molecule has 120 valence electrons. The number of halogens is 2. The van der Waals surface area contributed by atoms with Crippen LogP contribution in [0.25, 0.3) is 0 Å². The molecule has 0 saturated carbocycles. The van der Waals surface area contributed by atoms with Gasteiger partial charge in [-0.15, -0.1) is 0 Å². The van der Waals surface area contributed by atoms with E-state index in [9.17, 15) is 8.42 Å². The molecule has 0 aliphatic carbocycles. The van der Waals surface area contributed by atoms with E-state index in [1.54, 1.807) is 12.3 Å². The molecule has 0 radical (unpaired) electrons. The molecular weight excluding hydrogens is 333 g/mol. The molecule has 1 aromatic heterocycles. The van der Waals surface area contributed by atoms with Crippen molar-refractivity contribution in [3.8, 4) is 5.75 Å². The Balaban J connectivity index is 2.89. The van der Waals surface area contributed by atoms with Gasteiger partial charge in [0.25, 0.3) is 0 Å². The van der Waals surface area contributed by atoms with E-state index in [1.807, 2.05) is 13.8 Å². The summed E-state index contributed by atoms with van der Waals surface area (Å²) in [5.41, 5.74) is -0.480. The quantitative estimate of drug-likeness (QED) is 0.622. The highest BCUT2D eigenvalue weighted by atomic mass is 35.7. The molecule has 0 spiro atoms. The van der Waals surface area contributed by atoms with E-state index in [-0.39, 0.29) is 12.4 Å². The van der Waals surface area contributed by atoms with E-state index < -0.39 is 14.5 Å². The van der Waals surface area contributed by atoms with Crippen LogP contribution in [-0.2, 0) is 9.05 Å². The van der Waals surface area contributed by atoms with Gasteiger partial charge in [0.05, 0.1) is 23.6 Å². The predicted molar refractivity (Wildman–Crippen MR) is 86.6 cm³/mol. The minimum atomic E-state index is -3.59. The molecule has 21 heavy (non-hydrogen) atoms. The first-order valence-electron chi connectivity index (χ1n) is 6.96. The van der Waals surface area contributed by atoms with Gasteiger partial charge in [0.15, 0.2) is 0 Å². The fraction of sp³-hybridized carbons (Fsp3) is 0.643. The summed E-state index contributed by atoms with van der Waals surface area (Å²) >= 11 is 5.86. The summed E-state index contributed by atoms with van der Waals surface area (Å²) in [6, 6.07) is 1.66. The lowest BCUT2D eigenvalue weighted by Crippen LogP contribution is -2.35. The lowest BCUT2D eigenvalue weighted by molar-refractivity contribution is 0.141. The van der Waals surface area contributed by atoms with E-state index >= 15 is 0 Å². The molecule has 0 aliphatic heterocycles. The number of rotatable bonds is 9. The van der Waals surface area contributed by atoms with E-state index in [1.165, 1.54) is 6.20 Å². The SMILES string of the molecule is CCCC(CCC)(COc1cncc(Cl)c1)CS(=O)(=O)Cl.